The van der Waals surface area contributed by atoms with Crippen LogP contribution in [0, 0.1) is 5.41 Å². The molecule has 0 aliphatic carbocycles. The van der Waals surface area contributed by atoms with Crippen molar-refractivity contribution in [3.8, 4) is 0 Å². The summed E-state index contributed by atoms with van der Waals surface area (Å²) in [4.78, 5) is 13.7. The average Bonchev–Trinajstić information content (AvgIpc) is 2.14. The zero-order valence-electron chi connectivity index (χ0n) is 11.1. The van der Waals surface area contributed by atoms with Gasteiger partial charge in [0.1, 0.15) is 0 Å². The molecule has 0 rings (SSSR count). The number of carbonyl (C=O) groups excluding carboxylic acids is 1. The van der Waals surface area contributed by atoms with Crippen molar-refractivity contribution in [2.24, 2.45) is 5.41 Å². The normalized spacial score (nSPS) is 13.7. The third-order valence-corrected chi connectivity index (χ3v) is 2.99. The standard InChI is InChI=1S/C12H26N2O/c1-7-13-9-8-11(15)14(6)10(2)12(3,4)5/h10,13H,7-9H2,1-6H3. The summed E-state index contributed by atoms with van der Waals surface area (Å²) in [5, 5.41) is 3.16. The monoisotopic (exact) mass is 214 g/mol. The Balaban J connectivity index is 4.08. The molecule has 0 heterocycles. The van der Waals surface area contributed by atoms with E-state index in [9.17, 15) is 4.79 Å². The fourth-order valence-electron chi connectivity index (χ4n) is 1.35. The summed E-state index contributed by atoms with van der Waals surface area (Å²) >= 11 is 0. The molecule has 0 aliphatic rings. The maximum atomic E-state index is 11.8. The van der Waals surface area contributed by atoms with Gasteiger partial charge in [0.15, 0.2) is 0 Å². The van der Waals surface area contributed by atoms with E-state index in [1.165, 1.54) is 0 Å². The summed E-state index contributed by atoms with van der Waals surface area (Å²) in [5.41, 5.74) is 0.141. The second kappa shape index (κ2) is 6.11. The second-order valence-electron chi connectivity index (χ2n) is 5.15. The van der Waals surface area contributed by atoms with E-state index in [1.807, 2.05) is 18.9 Å². The highest BCUT2D eigenvalue weighted by Crippen LogP contribution is 2.23. The minimum Gasteiger partial charge on any atom is -0.342 e. The lowest BCUT2D eigenvalue weighted by Gasteiger charge is -2.35. The summed E-state index contributed by atoms with van der Waals surface area (Å²) in [5.74, 6) is 0.221. The minimum absolute atomic E-state index is 0.141. The van der Waals surface area contributed by atoms with Crippen LogP contribution in [0.25, 0.3) is 0 Å². The van der Waals surface area contributed by atoms with E-state index in [0.29, 0.717) is 6.42 Å². The van der Waals surface area contributed by atoms with Crippen molar-refractivity contribution in [3.05, 3.63) is 0 Å². The first-order valence-electron chi connectivity index (χ1n) is 5.77. The Morgan fingerprint density at radius 3 is 2.33 bits per heavy atom. The molecule has 90 valence electrons. The molecule has 0 aromatic heterocycles. The van der Waals surface area contributed by atoms with Gasteiger partial charge in [0.05, 0.1) is 0 Å². The lowest BCUT2D eigenvalue weighted by atomic mass is 9.87. The highest BCUT2D eigenvalue weighted by atomic mass is 16.2. The number of nitrogens with one attached hydrogen (secondary N) is 1. The van der Waals surface area contributed by atoms with E-state index >= 15 is 0 Å². The third-order valence-electron chi connectivity index (χ3n) is 2.99. The van der Waals surface area contributed by atoms with Crippen LogP contribution in [0.15, 0.2) is 0 Å². The Kier molecular flexibility index (Phi) is 5.88. The van der Waals surface area contributed by atoms with Crippen LogP contribution in [0.4, 0.5) is 0 Å². The van der Waals surface area contributed by atoms with Crippen molar-refractivity contribution in [2.45, 2.75) is 47.1 Å². The van der Waals surface area contributed by atoms with Crippen molar-refractivity contribution in [2.75, 3.05) is 20.1 Å². The molecule has 1 atom stereocenters. The molecule has 3 nitrogen and oxygen atoms in total. The molecule has 0 aliphatic heterocycles. The van der Waals surface area contributed by atoms with Crippen LogP contribution in [0.5, 0.6) is 0 Å². The first-order chi connectivity index (χ1) is 6.80. The van der Waals surface area contributed by atoms with Crippen LogP contribution < -0.4 is 5.32 Å². The minimum atomic E-state index is 0.141. The summed E-state index contributed by atoms with van der Waals surface area (Å²) in [6, 6.07) is 0.270. The molecule has 0 bridgehead atoms. The predicted molar refractivity (Wildman–Crippen MR) is 64.8 cm³/mol. The Morgan fingerprint density at radius 2 is 1.93 bits per heavy atom. The Bertz CT molecular complexity index is 196. The summed E-state index contributed by atoms with van der Waals surface area (Å²) in [7, 11) is 1.89. The summed E-state index contributed by atoms with van der Waals surface area (Å²) < 4.78 is 0. The maximum Gasteiger partial charge on any atom is 0.223 e. The van der Waals surface area contributed by atoms with Gasteiger partial charge in [0, 0.05) is 26.1 Å². The van der Waals surface area contributed by atoms with Gasteiger partial charge in [-0.3, -0.25) is 4.79 Å². The molecule has 15 heavy (non-hydrogen) atoms. The van der Waals surface area contributed by atoms with E-state index in [4.69, 9.17) is 0 Å². The molecule has 0 saturated carbocycles. The van der Waals surface area contributed by atoms with Crippen molar-refractivity contribution in [1.82, 2.24) is 10.2 Å². The molecule has 1 amide bonds. The van der Waals surface area contributed by atoms with E-state index in [1.54, 1.807) is 0 Å². The summed E-state index contributed by atoms with van der Waals surface area (Å²) in [6.07, 6.45) is 0.588. The topological polar surface area (TPSA) is 32.3 Å². The number of rotatable bonds is 5. The van der Waals surface area contributed by atoms with Crippen LogP contribution in [0.1, 0.15) is 41.0 Å². The fraction of sp³-hybridized carbons (Fsp3) is 0.917. The lowest BCUT2D eigenvalue weighted by Crippen LogP contribution is -2.43. The van der Waals surface area contributed by atoms with E-state index < -0.39 is 0 Å². The highest BCUT2D eigenvalue weighted by Gasteiger charge is 2.26. The van der Waals surface area contributed by atoms with E-state index in [-0.39, 0.29) is 17.4 Å². The molecule has 0 spiro atoms. The molecule has 0 saturated heterocycles. The van der Waals surface area contributed by atoms with Gasteiger partial charge in [-0.25, -0.2) is 0 Å². The van der Waals surface area contributed by atoms with Gasteiger partial charge in [-0.05, 0) is 18.9 Å². The van der Waals surface area contributed by atoms with Gasteiger partial charge >= 0.3 is 0 Å². The first kappa shape index (κ1) is 14.4. The van der Waals surface area contributed by atoms with Gasteiger partial charge in [-0.1, -0.05) is 27.7 Å². The van der Waals surface area contributed by atoms with Crippen molar-refractivity contribution < 1.29 is 4.79 Å². The average molecular weight is 214 g/mol. The Hall–Kier alpha value is -0.570. The second-order valence-corrected chi connectivity index (χ2v) is 5.15. The molecular formula is C12H26N2O. The number of carbonyl (C=O) groups is 1. The molecule has 0 radical (unpaired) electrons. The molecule has 0 aromatic rings. The predicted octanol–water partition coefficient (Wildman–Crippen LogP) is 1.88. The molecule has 0 aromatic carbocycles. The third kappa shape index (κ3) is 5.17. The van der Waals surface area contributed by atoms with Crippen LogP contribution in [-0.4, -0.2) is 37.0 Å². The smallest absolute Gasteiger partial charge is 0.223 e. The molecule has 0 fully saturated rings. The van der Waals surface area contributed by atoms with Crippen molar-refractivity contribution in [1.29, 1.82) is 0 Å². The Morgan fingerprint density at radius 1 is 1.40 bits per heavy atom. The SMILES string of the molecule is CCNCCC(=O)N(C)C(C)C(C)(C)C. The Labute approximate surface area is 94.2 Å². The van der Waals surface area contributed by atoms with E-state index in [0.717, 1.165) is 13.1 Å². The number of amides is 1. The molecule has 1 N–H and O–H groups in total. The maximum absolute atomic E-state index is 11.8. The van der Waals surface area contributed by atoms with Gasteiger partial charge in [-0.15, -0.1) is 0 Å². The largest absolute Gasteiger partial charge is 0.342 e. The van der Waals surface area contributed by atoms with Crippen molar-refractivity contribution >= 4 is 5.91 Å². The number of hydrogen-bond acceptors (Lipinski definition) is 2. The molecule has 1 unspecified atom stereocenters. The number of hydrogen-bond donors (Lipinski definition) is 1. The zero-order chi connectivity index (χ0) is 12.1. The number of nitrogens with zero attached hydrogens (tertiary/aromatic N) is 1. The van der Waals surface area contributed by atoms with Gasteiger partial charge < -0.3 is 10.2 Å². The molecular weight excluding hydrogens is 188 g/mol. The first-order valence-corrected chi connectivity index (χ1v) is 5.77. The van der Waals surface area contributed by atoms with Crippen LogP contribution >= 0.6 is 0 Å². The fourth-order valence-corrected chi connectivity index (χ4v) is 1.35. The van der Waals surface area contributed by atoms with Crippen molar-refractivity contribution in [3.63, 3.8) is 0 Å². The quantitative estimate of drug-likeness (QED) is 0.709. The van der Waals surface area contributed by atoms with Crippen LogP contribution in [0.3, 0.4) is 0 Å². The highest BCUT2D eigenvalue weighted by molar-refractivity contribution is 5.76. The van der Waals surface area contributed by atoms with Crippen LogP contribution in [0.2, 0.25) is 0 Å². The van der Waals surface area contributed by atoms with E-state index in [2.05, 4.69) is 33.0 Å². The van der Waals surface area contributed by atoms with Gasteiger partial charge in [0.25, 0.3) is 0 Å². The van der Waals surface area contributed by atoms with Gasteiger partial charge in [0.2, 0.25) is 5.91 Å². The lowest BCUT2D eigenvalue weighted by molar-refractivity contribution is -0.133. The zero-order valence-corrected chi connectivity index (χ0v) is 11.1. The van der Waals surface area contributed by atoms with Gasteiger partial charge in [-0.2, -0.15) is 0 Å². The van der Waals surface area contributed by atoms with Crippen LogP contribution in [-0.2, 0) is 4.79 Å². The molecule has 3 heteroatoms. The summed E-state index contributed by atoms with van der Waals surface area (Å²) in [6.45, 7) is 12.3.